The molecule has 0 spiro atoms. The van der Waals surface area contributed by atoms with E-state index in [2.05, 4.69) is 32.6 Å². The number of rotatable bonds is 3. The van der Waals surface area contributed by atoms with Crippen molar-refractivity contribution in [2.24, 2.45) is 0 Å². The molecule has 3 rings (SSSR count). The quantitative estimate of drug-likeness (QED) is 0.748. The van der Waals surface area contributed by atoms with Crippen LogP contribution in [0, 0.1) is 3.57 Å². The van der Waals surface area contributed by atoms with Crippen molar-refractivity contribution in [3.8, 4) is 0 Å². The van der Waals surface area contributed by atoms with E-state index in [1.54, 1.807) is 6.07 Å². The summed E-state index contributed by atoms with van der Waals surface area (Å²) in [4.78, 5) is 9.04. The molecule has 1 aromatic heterocycles. The van der Waals surface area contributed by atoms with Crippen LogP contribution in [0.1, 0.15) is 35.8 Å². The Morgan fingerprint density at radius 3 is 2.60 bits per heavy atom. The second-order valence-electron chi connectivity index (χ2n) is 4.92. The van der Waals surface area contributed by atoms with Crippen LogP contribution in [0.3, 0.4) is 0 Å². The van der Waals surface area contributed by atoms with Crippen molar-refractivity contribution in [2.45, 2.75) is 25.2 Å². The second kappa shape index (κ2) is 5.66. The molecule has 1 aliphatic carbocycles. The van der Waals surface area contributed by atoms with Gasteiger partial charge in [-0.1, -0.05) is 29.3 Å². The molecule has 0 atom stereocenters. The number of hydrogen-bond donors (Lipinski definition) is 1. The fourth-order valence-corrected chi connectivity index (χ4v) is 3.07. The molecule has 1 aliphatic rings. The maximum atomic E-state index is 6.03. The molecule has 104 valence electrons. The van der Waals surface area contributed by atoms with E-state index in [1.807, 2.05) is 12.1 Å². The molecular formula is C14H12Cl2IN3. The van der Waals surface area contributed by atoms with Gasteiger partial charge in [0.15, 0.2) is 0 Å². The highest BCUT2D eigenvalue weighted by atomic mass is 127. The lowest BCUT2D eigenvalue weighted by atomic mass is 10.1. The van der Waals surface area contributed by atoms with Gasteiger partial charge >= 0.3 is 0 Å². The number of benzene rings is 1. The van der Waals surface area contributed by atoms with E-state index >= 15 is 0 Å². The van der Waals surface area contributed by atoms with Crippen LogP contribution in [0.2, 0.25) is 10.0 Å². The molecule has 1 heterocycles. The molecule has 0 unspecified atom stereocenters. The largest absolute Gasteiger partial charge is 0.383 e. The number of hydrogen-bond acceptors (Lipinski definition) is 3. The average Bonchev–Trinajstić information content (AvgIpc) is 3.22. The summed E-state index contributed by atoms with van der Waals surface area (Å²) in [6.45, 7) is 0. The Morgan fingerprint density at radius 1 is 1.20 bits per heavy atom. The first kappa shape index (κ1) is 14.4. The monoisotopic (exact) mass is 419 g/mol. The lowest BCUT2D eigenvalue weighted by molar-refractivity contribution is 0.894. The zero-order chi connectivity index (χ0) is 14.3. The van der Waals surface area contributed by atoms with Crippen LogP contribution in [0.15, 0.2) is 18.2 Å². The van der Waals surface area contributed by atoms with Gasteiger partial charge in [0.25, 0.3) is 0 Å². The van der Waals surface area contributed by atoms with Crippen LogP contribution >= 0.6 is 45.8 Å². The van der Waals surface area contributed by atoms with Crippen LogP contribution in [0.25, 0.3) is 0 Å². The molecular weight excluding hydrogens is 408 g/mol. The summed E-state index contributed by atoms with van der Waals surface area (Å²) in [7, 11) is 0. The number of anilines is 1. The van der Waals surface area contributed by atoms with Crippen LogP contribution in [-0.4, -0.2) is 9.97 Å². The maximum Gasteiger partial charge on any atom is 0.140 e. The molecule has 0 radical (unpaired) electrons. The second-order valence-corrected chi connectivity index (χ2v) is 6.82. The molecule has 2 aromatic rings. The number of nitrogens with two attached hydrogens (primary N) is 1. The molecule has 3 nitrogen and oxygen atoms in total. The van der Waals surface area contributed by atoms with Gasteiger partial charge in [0, 0.05) is 12.3 Å². The third kappa shape index (κ3) is 3.02. The van der Waals surface area contributed by atoms with Gasteiger partial charge in [-0.05, 0) is 53.1 Å². The first-order chi connectivity index (χ1) is 9.54. The van der Waals surface area contributed by atoms with E-state index in [9.17, 15) is 0 Å². The molecule has 0 aliphatic heterocycles. The lowest BCUT2D eigenvalue weighted by Gasteiger charge is -2.09. The fourth-order valence-electron chi connectivity index (χ4n) is 2.07. The number of nitrogen functional groups attached to an aromatic ring is 1. The van der Waals surface area contributed by atoms with E-state index in [-0.39, 0.29) is 0 Å². The zero-order valence-corrected chi connectivity index (χ0v) is 14.2. The van der Waals surface area contributed by atoms with E-state index in [1.165, 1.54) is 12.8 Å². The van der Waals surface area contributed by atoms with Gasteiger partial charge in [0.2, 0.25) is 0 Å². The summed E-state index contributed by atoms with van der Waals surface area (Å²) < 4.78 is 0.989. The molecule has 1 aromatic carbocycles. The normalized spacial score (nSPS) is 14.6. The van der Waals surface area contributed by atoms with Crippen LogP contribution in [0.5, 0.6) is 0 Å². The Bertz CT molecular complexity index is 672. The highest BCUT2D eigenvalue weighted by molar-refractivity contribution is 14.1. The smallest absolute Gasteiger partial charge is 0.140 e. The Labute approximate surface area is 141 Å². The number of halogens is 3. The molecule has 2 N–H and O–H groups in total. The van der Waals surface area contributed by atoms with Crippen molar-refractivity contribution in [3.63, 3.8) is 0 Å². The van der Waals surface area contributed by atoms with Gasteiger partial charge in [-0.3, -0.25) is 0 Å². The predicted octanol–water partition coefficient (Wildman–Crippen LogP) is 4.44. The molecule has 6 heteroatoms. The Morgan fingerprint density at radius 2 is 1.95 bits per heavy atom. The lowest BCUT2D eigenvalue weighted by Crippen LogP contribution is -2.07. The van der Waals surface area contributed by atoms with Crippen molar-refractivity contribution in [1.82, 2.24) is 9.97 Å². The van der Waals surface area contributed by atoms with E-state index < -0.39 is 0 Å². The maximum absolute atomic E-state index is 6.03. The minimum atomic E-state index is 0.546. The first-order valence-electron chi connectivity index (χ1n) is 6.30. The summed E-state index contributed by atoms with van der Waals surface area (Å²) in [6.07, 6.45) is 3.00. The minimum Gasteiger partial charge on any atom is -0.383 e. The predicted molar refractivity (Wildman–Crippen MR) is 90.4 cm³/mol. The molecule has 1 saturated carbocycles. The number of nitrogens with zero attached hydrogens (tertiary/aromatic N) is 2. The van der Waals surface area contributed by atoms with E-state index in [0.717, 1.165) is 20.7 Å². The van der Waals surface area contributed by atoms with Gasteiger partial charge in [-0.15, -0.1) is 0 Å². The van der Waals surface area contributed by atoms with Crippen molar-refractivity contribution in [1.29, 1.82) is 0 Å². The van der Waals surface area contributed by atoms with Gasteiger partial charge < -0.3 is 5.73 Å². The summed E-state index contributed by atoms with van der Waals surface area (Å²) in [5.74, 6) is 1.86. The highest BCUT2D eigenvalue weighted by Gasteiger charge is 2.28. The molecule has 0 amide bonds. The van der Waals surface area contributed by atoms with E-state index in [0.29, 0.717) is 28.2 Å². The van der Waals surface area contributed by atoms with Crippen molar-refractivity contribution in [3.05, 3.63) is 48.9 Å². The van der Waals surface area contributed by atoms with Gasteiger partial charge in [-0.25, -0.2) is 9.97 Å². The molecule has 0 bridgehead atoms. The van der Waals surface area contributed by atoms with Crippen LogP contribution < -0.4 is 5.73 Å². The average molecular weight is 420 g/mol. The van der Waals surface area contributed by atoms with Crippen molar-refractivity contribution < 1.29 is 0 Å². The standard InChI is InChI=1S/C14H12Cl2IN3/c15-9-4-1-7(5-10(9)16)6-11-19-13(8-2-3-8)12(17)14(18)20-11/h1,4-5,8H,2-3,6H2,(H2,18,19,20). The third-order valence-electron chi connectivity index (χ3n) is 3.26. The fraction of sp³-hybridized carbons (Fsp3) is 0.286. The first-order valence-corrected chi connectivity index (χ1v) is 8.14. The summed E-state index contributed by atoms with van der Waals surface area (Å²) in [6, 6.07) is 5.57. The topological polar surface area (TPSA) is 51.8 Å². The zero-order valence-electron chi connectivity index (χ0n) is 10.5. The Balaban J connectivity index is 1.92. The SMILES string of the molecule is Nc1nc(Cc2ccc(Cl)c(Cl)c2)nc(C2CC2)c1I. The molecule has 20 heavy (non-hydrogen) atoms. The Hall–Kier alpha value is -0.590. The third-order valence-corrected chi connectivity index (χ3v) is 5.10. The van der Waals surface area contributed by atoms with Crippen molar-refractivity contribution in [2.75, 3.05) is 5.73 Å². The summed E-state index contributed by atoms with van der Waals surface area (Å²) in [5.41, 5.74) is 8.11. The van der Waals surface area contributed by atoms with Crippen LogP contribution in [0.4, 0.5) is 5.82 Å². The minimum absolute atomic E-state index is 0.546. The highest BCUT2D eigenvalue weighted by Crippen LogP contribution is 2.42. The summed E-state index contributed by atoms with van der Waals surface area (Å²) >= 11 is 14.2. The number of aromatic nitrogens is 2. The van der Waals surface area contributed by atoms with Crippen molar-refractivity contribution >= 4 is 51.6 Å². The van der Waals surface area contributed by atoms with Gasteiger partial charge in [-0.2, -0.15) is 0 Å². The van der Waals surface area contributed by atoms with Gasteiger partial charge in [0.1, 0.15) is 11.6 Å². The molecule has 0 saturated heterocycles. The Kier molecular flexibility index (Phi) is 4.06. The van der Waals surface area contributed by atoms with E-state index in [4.69, 9.17) is 28.9 Å². The van der Waals surface area contributed by atoms with Crippen LogP contribution in [-0.2, 0) is 6.42 Å². The summed E-state index contributed by atoms with van der Waals surface area (Å²) in [5, 5.41) is 1.10. The molecule has 1 fully saturated rings. The van der Waals surface area contributed by atoms with Gasteiger partial charge in [0.05, 0.1) is 19.3 Å².